The number of hydrogen-bond donors (Lipinski definition) is 2. The zero-order chi connectivity index (χ0) is 19.9. The van der Waals surface area contributed by atoms with Crippen LogP contribution in [0.2, 0.25) is 0 Å². The summed E-state index contributed by atoms with van der Waals surface area (Å²) in [7, 11) is 1.32. The number of ether oxygens (including phenoxy) is 1. The molecule has 0 radical (unpaired) electrons. The first-order chi connectivity index (χ1) is 13.6. The van der Waals surface area contributed by atoms with Crippen LogP contribution >= 0.6 is 0 Å². The zero-order valence-electron chi connectivity index (χ0n) is 15.4. The second-order valence-electron chi connectivity index (χ2n) is 6.32. The van der Waals surface area contributed by atoms with Gasteiger partial charge in [-0.15, -0.1) is 0 Å². The third-order valence-electron chi connectivity index (χ3n) is 4.39. The highest BCUT2D eigenvalue weighted by Crippen LogP contribution is 2.15. The van der Waals surface area contributed by atoms with Crippen molar-refractivity contribution < 1.29 is 19.4 Å². The summed E-state index contributed by atoms with van der Waals surface area (Å²) in [5, 5.41) is 12.2. The topological polar surface area (TPSA) is 93.5 Å². The van der Waals surface area contributed by atoms with Crippen LogP contribution in [0.4, 0.5) is 0 Å². The summed E-state index contributed by atoms with van der Waals surface area (Å²) in [6, 6.07) is 13.7. The van der Waals surface area contributed by atoms with Crippen molar-refractivity contribution in [1.29, 1.82) is 0 Å². The second kappa shape index (κ2) is 8.85. The predicted octanol–water partition coefficient (Wildman–Crippen LogP) is 2.34. The second-order valence-corrected chi connectivity index (χ2v) is 6.32. The average Bonchev–Trinajstić information content (AvgIpc) is 3.26. The first-order valence-electron chi connectivity index (χ1n) is 8.79. The Morgan fingerprint density at radius 3 is 2.46 bits per heavy atom. The monoisotopic (exact) mass is 379 g/mol. The Kier molecular flexibility index (Phi) is 6.06. The van der Waals surface area contributed by atoms with Gasteiger partial charge in [-0.25, -0.2) is 4.98 Å². The van der Waals surface area contributed by atoms with Crippen molar-refractivity contribution in [3.8, 4) is 11.4 Å². The van der Waals surface area contributed by atoms with Gasteiger partial charge in [-0.2, -0.15) is 0 Å². The maximum Gasteiger partial charge on any atom is 0.310 e. The number of nitrogens with one attached hydrogen (secondary N) is 1. The molecule has 1 amide bonds. The molecule has 0 aliphatic carbocycles. The maximum absolute atomic E-state index is 12.4. The van der Waals surface area contributed by atoms with Crippen molar-refractivity contribution >= 4 is 11.9 Å². The molecule has 0 aliphatic heterocycles. The van der Waals surface area contributed by atoms with Crippen molar-refractivity contribution in [1.82, 2.24) is 14.9 Å². The van der Waals surface area contributed by atoms with Crippen LogP contribution in [0.1, 0.15) is 15.9 Å². The lowest BCUT2D eigenvalue weighted by atomic mass is 9.99. The average molecular weight is 379 g/mol. The van der Waals surface area contributed by atoms with E-state index in [0.717, 1.165) is 11.3 Å². The molecule has 3 aromatic rings. The van der Waals surface area contributed by atoms with Gasteiger partial charge in [-0.05, 0) is 48.4 Å². The number of rotatable bonds is 7. The van der Waals surface area contributed by atoms with E-state index in [2.05, 4.69) is 10.3 Å². The fourth-order valence-electron chi connectivity index (χ4n) is 2.84. The van der Waals surface area contributed by atoms with Crippen LogP contribution in [-0.2, 0) is 16.0 Å². The molecule has 2 aromatic carbocycles. The number of hydrogen-bond acceptors (Lipinski definition) is 5. The van der Waals surface area contributed by atoms with Crippen LogP contribution in [-0.4, -0.2) is 40.2 Å². The molecule has 3 rings (SSSR count). The molecule has 144 valence electrons. The highest BCUT2D eigenvalue weighted by atomic mass is 16.5. The van der Waals surface area contributed by atoms with Crippen LogP contribution in [0, 0.1) is 5.92 Å². The Hall–Kier alpha value is -3.61. The number of nitrogens with zero attached hydrogens (tertiary/aromatic N) is 2. The van der Waals surface area contributed by atoms with Gasteiger partial charge in [0.15, 0.2) is 0 Å². The van der Waals surface area contributed by atoms with Crippen molar-refractivity contribution in [2.75, 3.05) is 13.7 Å². The molecule has 0 bridgehead atoms. The van der Waals surface area contributed by atoms with Crippen LogP contribution < -0.4 is 5.32 Å². The van der Waals surface area contributed by atoms with Crippen LogP contribution in [0.5, 0.6) is 5.75 Å². The fourth-order valence-corrected chi connectivity index (χ4v) is 2.84. The number of carbonyl (C=O) groups excluding carboxylic acids is 2. The van der Waals surface area contributed by atoms with Gasteiger partial charge >= 0.3 is 5.97 Å². The van der Waals surface area contributed by atoms with E-state index in [1.54, 1.807) is 48.9 Å². The van der Waals surface area contributed by atoms with Gasteiger partial charge in [0.25, 0.3) is 5.91 Å². The molecule has 0 spiro atoms. The number of phenols is 1. The number of carbonyl (C=O) groups is 2. The third kappa shape index (κ3) is 4.76. The largest absolute Gasteiger partial charge is 0.508 e. The normalized spacial score (nSPS) is 11.6. The fraction of sp³-hybridized carbons (Fsp3) is 0.190. The van der Waals surface area contributed by atoms with Gasteiger partial charge in [0.2, 0.25) is 0 Å². The van der Waals surface area contributed by atoms with Crippen molar-refractivity contribution in [2.45, 2.75) is 6.42 Å². The Labute approximate surface area is 162 Å². The van der Waals surface area contributed by atoms with E-state index in [1.165, 1.54) is 7.11 Å². The number of aromatic hydroxyl groups is 1. The van der Waals surface area contributed by atoms with Crippen LogP contribution in [0.25, 0.3) is 5.69 Å². The first kappa shape index (κ1) is 19.2. The lowest BCUT2D eigenvalue weighted by molar-refractivity contribution is -0.145. The maximum atomic E-state index is 12.4. The Morgan fingerprint density at radius 1 is 1.14 bits per heavy atom. The number of aromatic nitrogens is 2. The standard InChI is InChI=1S/C21H21N3O4/c1-28-21(27)17(12-15-2-8-19(25)9-3-15)13-23-20(26)16-4-6-18(7-5-16)24-11-10-22-14-24/h2-11,14,17,25H,12-13H2,1H3,(H,23,26). The summed E-state index contributed by atoms with van der Waals surface area (Å²) in [4.78, 5) is 28.5. The molecule has 0 saturated heterocycles. The van der Waals surface area contributed by atoms with E-state index >= 15 is 0 Å². The number of benzene rings is 2. The van der Waals surface area contributed by atoms with E-state index in [1.807, 2.05) is 22.9 Å². The van der Waals surface area contributed by atoms with Crippen LogP contribution in [0.15, 0.2) is 67.3 Å². The van der Waals surface area contributed by atoms with E-state index in [9.17, 15) is 14.7 Å². The quantitative estimate of drug-likeness (QED) is 0.615. The highest BCUT2D eigenvalue weighted by Gasteiger charge is 2.21. The molecule has 1 unspecified atom stereocenters. The smallest absolute Gasteiger partial charge is 0.310 e. The lowest BCUT2D eigenvalue weighted by Crippen LogP contribution is -2.34. The van der Waals surface area contributed by atoms with Crippen molar-refractivity contribution in [3.05, 3.63) is 78.4 Å². The molecule has 7 nitrogen and oxygen atoms in total. The first-order valence-corrected chi connectivity index (χ1v) is 8.79. The number of imidazole rings is 1. The van der Waals surface area contributed by atoms with E-state index in [0.29, 0.717) is 12.0 Å². The molecule has 7 heteroatoms. The summed E-state index contributed by atoms with van der Waals surface area (Å²) in [5.74, 6) is -1.03. The molecule has 1 aromatic heterocycles. The van der Waals surface area contributed by atoms with Gasteiger partial charge in [-0.3, -0.25) is 9.59 Å². The number of esters is 1. The van der Waals surface area contributed by atoms with Crippen molar-refractivity contribution in [3.63, 3.8) is 0 Å². The minimum atomic E-state index is -0.524. The molecular weight excluding hydrogens is 358 g/mol. The van der Waals surface area contributed by atoms with E-state index in [-0.39, 0.29) is 18.2 Å². The van der Waals surface area contributed by atoms with Gasteiger partial charge in [0, 0.05) is 30.2 Å². The molecule has 1 heterocycles. The Bertz CT molecular complexity index is 919. The summed E-state index contributed by atoms with van der Waals surface area (Å²) >= 11 is 0. The van der Waals surface area contributed by atoms with Gasteiger partial charge in [0.1, 0.15) is 5.75 Å². The molecule has 0 aliphatic rings. The molecular formula is C21H21N3O4. The SMILES string of the molecule is COC(=O)C(CNC(=O)c1ccc(-n2ccnc2)cc1)Cc1ccc(O)cc1. The van der Waals surface area contributed by atoms with E-state index < -0.39 is 11.9 Å². The molecule has 2 N–H and O–H groups in total. The zero-order valence-corrected chi connectivity index (χ0v) is 15.4. The van der Waals surface area contributed by atoms with Gasteiger partial charge < -0.3 is 19.7 Å². The molecule has 28 heavy (non-hydrogen) atoms. The summed E-state index contributed by atoms with van der Waals surface area (Å²) in [6.45, 7) is 0.148. The minimum absolute atomic E-state index is 0.148. The predicted molar refractivity (Wildman–Crippen MR) is 103 cm³/mol. The van der Waals surface area contributed by atoms with Gasteiger partial charge in [0.05, 0.1) is 19.4 Å². The molecule has 1 atom stereocenters. The van der Waals surface area contributed by atoms with Gasteiger partial charge in [-0.1, -0.05) is 12.1 Å². The highest BCUT2D eigenvalue weighted by molar-refractivity contribution is 5.94. The summed E-state index contributed by atoms with van der Waals surface area (Å²) in [6.07, 6.45) is 5.58. The molecule has 0 saturated carbocycles. The Balaban J connectivity index is 1.62. The third-order valence-corrected chi connectivity index (χ3v) is 4.39. The van der Waals surface area contributed by atoms with E-state index in [4.69, 9.17) is 4.74 Å². The lowest BCUT2D eigenvalue weighted by Gasteiger charge is -2.16. The number of phenolic OH excluding ortho intramolecular Hbond substituents is 1. The number of methoxy groups -OCH3 is 1. The summed E-state index contributed by atoms with van der Waals surface area (Å²) in [5.41, 5.74) is 2.26. The Morgan fingerprint density at radius 2 is 1.86 bits per heavy atom. The number of amides is 1. The minimum Gasteiger partial charge on any atom is -0.508 e. The molecule has 0 fully saturated rings. The van der Waals surface area contributed by atoms with Crippen molar-refractivity contribution in [2.24, 2.45) is 5.92 Å². The van der Waals surface area contributed by atoms with Crippen LogP contribution in [0.3, 0.4) is 0 Å². The summed E-state index contributed by atoms with van der Waals surface area (Å²) < 4.78 is 6.69.